The molecule has 140 valence electrons. The number of nitrogens with zero attached hydrogens (tertiary/aromatic N) is 2. The first-order valence-electron chi connectivity index (χ1n) is 9.50. The molecule has 1 aliphatic rings. The Morgan fingerprint density at radius 2 is 1.88 bits per heavy atom. The first-order valence-corrected chi connectivity index (χ1v) is 9.50. The minimum Gasteiger partial charge on any atom is -0.465 e. The molecule has 2 aromatic rings. The van der Waals surface area contributed by atoms with Gasteiger partial charge in [0.1, 0.15) is 11.5 Å². The van der Waals surface area contributed by atoms with Gasteiger partial charge in [0.2, 0.25) is 0 Å². The van der Waals surface area contributed by atoms with Crippen LogP contribution in [0.1, 0.15) is 48.9 Å². The lowest BCUT2D eigenvalue weighted by molar-refractivity contribution is 0.213. The third-order valence-electron chi connectivity index (χ3n) is 5.01. The summed E-state index contributed by atoms with van der Waals surface area (Å²) in [5.74, 6) is 2.81. The van der Waals surface area contributed by atoms with Crippen LogP contribution in [0.3, 0.4) is 0 Å². The highest BCUT2D eigenvalue weighted by Gasteiger charge is 2.26. The maximum Gasteiger partial charge on any atom is 0.191 e. The van der Waals surface area contributed by atoms with E-state index in [4.69, 9.17) is 4.42 Å². The number of rotatable bonds is 6. The summed E-state index contributed by atoms with van der Waals surface area (Å²) in [5.41, 5.74) is 1.24. The van der Waals surface area contributed by atoms with E-state index in [9.17, 15) is 0 Å². The monoisotopic (exact) mass is 354 g/mol. The Morgan fingerprint density at radius 3 is 2.50 bits per heavy atom. The molecule has 0 radical (unpaired) electrons. The maximum absolute atomic E-state index is 5.93. The SMILES string of the molecule is CN=C(NCC(c1ccc(C)o1)N1CCCC1)NC(C)c1ccccc1. The second-order valence-electron chi connectivity index (χ2n) is 6.94. The summed E-state index contributed by atoms with van der Waals surface area (Å²) in [7, 11) is 1.81. The summed E-state index contributed by atoms with van der Waals surface area (Å²) >= 11 is 0. The van der Waals surface area contributed by atoms with Crippen LogP contribution in [0.25, 0.3) is 0 Å². The largest absolute Gasteiger partial charge is 0.465 e. The minimum atomic E-state index is 0.193. The first-order chi connectivity index (χ1) is 12.7. The third kappa shape index (κ3) is 4.67. The molecule has 0 spiro atoms. The second kappa shape index (κ2) is 8.90. The molecule has 2 atom stereocenters. The number of hydrogen-bond donors (Lipinski definition) is 2. The van der Waals surface area contributed by atoms with Crippen molar-refractivity contribution in [1.29, 1.82) is 0 Å². The van der Waals surface area contributed by atoms with Crippen molar-refractivity contribution in [2.45, 2.75) is 38.8 Å². The minimum absolute atomic E-state index is 0.193. The van der Waals surface area contributed by atoms with Crippen LogP contribution in [-0.2, 0) is 0 Å². The van der Waals surface area contributed by atoms with Crippen LogP contribution >= 0.6 is 0 Å². The molecule has 1 aromatic carbocycles. The fraction of sp³-hybridized carbons (Fsp3) is 0.476. The van der Waals surface area contributed by atoms with Crippen LogP contribution in [0.5, 0.6) is 0 Å². The van der Waals surface area contributed by atoms with Gasteiger partial charge in [0, 0.05) is 13.6 Å². The molecular weight excluding hydrogens is 324 g/mol. The molecule has 2 N–H and O–H groups in total. The number of aryl methyl sites for hydroxylation is 1. The molecule has 3 rings (SSSR count). The Hall–Kier alpha value is -2.27. The highest BCUT2D eigenvalue weighted by Crippen LogP contribution is 2.26. The highest BCUT2D eigenvalue weighted by atomic mass is 16.3. The zero-order valence-electron chi connectivity index (χ0n) is 16.0. The van der Waals surface area contributed by atoms with Gasteiger partial charge in [0.15, 0.2) is 5.96 Å². The normalized spacial score (nSPS) is 17.9. The molecule has 1 fully saturated rings. The Morgan fingerprint density at radius 1 is 1.15 bits per heavy atom. The molecule has 26 heavy (non-hydrogen) atoms. The van der Waals surface area contributed by atoms with E-state index in [-0.39, 0.29) is 12.1 Å². The van der Waals surface area contributed by atoms with Gasteiger partial charge in [-0.25, -0.2) is 0 Å². The van der Waals surface area contributed by atoms with Crippen LogP contribution in [-0.4, -0.2) is 37.5 Å². The fourth-order valence-electron chi connectivity index (χ4n) is 3.51. The number of furan rings is 1. The zero-order valence-corrected chi connectivity index (χ0v) is 16.0. The molecule has 0 saturated carbocycles. The van der Waals surface area contributed by atoms with E-state index in [0.29, 0.717) is 0 Å². The van der Waals surface area contributed by atoms with Crippen LogP contribution in [0, 0.1) is 6.92 Å². The van der Waals surface area contributed by atoms with Crippen molar-refractivity contribution in [3.63, 3.8) is 0 Å². The average molecular weight is 354 g/mol. The van der Waals surface area contributed by atoms with Gasteiger partial charge in [-0.2, -0.15) is 0 Å². The van der Waals surface area contributed by atoms with Gasteiger partial charge in [-0.05, 0) is 57.5 Å². The van der Waals surface area contributed by atoms with E-state index >= 15 is 0 Å². The van der Waals surface area contributed by atoms with E-state index in [1.165, 1.54) is 18.4 Å². The molecule has 1 saturated heterocycles. The van der Waals surface area contributed by atoms with Crippen LogP contribution in [0.4, 0.5) is 0 Å². The topological polar surface area (TPSA) is 52.8 Å². The van der Waals surface area contributed by atoms with Crippen molar-refractivity contribution in [3.8, 4) is 0 Å². The Kier molecular flexibility index (Phi) is 6.34. The number of guanidine groups is 1. The molecule has 0 bridgehead atoms. The Labute approximate surface area is 156 Å². The number of likely N-dealkylation sites (tertiary alicyclic amines) is 1. The van der Waals surface area contributed by atoms with Crippen LogP contribution in [0.2, 0.25) is 0 Å². The van der Waals surface area contributed by atoms with Gasteiger partial charge in [-0.3, -0.25) is 9.89 Å². The third-order valence-corrected chi connectivity index (χ3v) is 5.01. The van der Waals surface area contributed by atoms with Crippen molar-refractivity contribution >= 4 is 5.96 Å². The van der Waals surface area contributed by atoms with Gasteiger partial charge in [-0.15, -0.1) is 0 Å². The van der Waals surface area contributed by atoms with E-state index in [0.717, 1.165) is 37.1 Å². The molecule has 2 heterocycles. The van der Waals surface area contributed by atoms with Crippen LogP contribution < -0.4 is 10.6 Å². The fourth-order valence-corrected chi connectivity index (χ4v) is 3.51. The smallest absolute Gasteiger partial charge is 0.191 e. The first kappa shape index (κ1) is 18.5. The molecule has 1 aromatic heterocycles. The summed E-state index contributed by atoms with van der Waals surface area (Å²) in [6.07, 6.45) is 2.52. The van der Waals surface area contributed by atoms with Crippen molar-refractivity contribution in [1.82, 2.24) is 15.5 Å². The van der Waals surface area contributed by atoms with Gasteiger partial charge < -0.3 is 15.1 Å². The van der Waals surface area contributed by atoms with Gasteiger partial charge in [0.25, 0.3) is 0 Å². The molecule has 0 aliphatic carbocycles. The standard InChI is InChI=1S/C21H30N4O/c1-16-11-12-20(26-16)19(25-13-7-8-14-25)15-23-21(22-3)24-17(2)18-9-5-4-6-10-18/h4-6,9-12,17,19H,7-8,13-15H2,1-3H3,(H2,22,23,24). The van der Waals surface area contributed by atoms with Gasteiger partial charge in [0.05, 0.1) is 12.1 Å². The highest BCUT2D eigenvalue weighted by molar-refractivity contribution is 5.80. The predicted octanol–water partition coefficient (Wildman–Crippen LogP) is 3.65. The molecule has 2 unspecified atom stereocenters. The lowest BCUT2D eigenvalue weighted by Gasteiger charge is -2.27. The summed E-state index contributed by atoms with van der Waals surface area (Å²) in [6, 6.07) is 15.0. The van der Waals surface area contributed by atoms with Crippen molar-refractivity contribution in [2.24, 2.45) is 4.99 Å². The summed E-state index contributed by atoms with van der Waals surface area (Å²) < 4.78 is 5.93. The number of hydrogen-bond acceptors (Lipinski definition) is 3. The van der Waals surface area contributed by atoms with E-state index in [1.54, 1.807) is 0 Å². The van der Waals surface area contributed by atoms with Crippen molar-refractivity contribution < 1.29 is 4.42 Å². The molecule has 1 aliphatic heterocycles. The summed E-state index contributed by atoms with van der Waals surface area (Å²) in [4.78, 5) is 6.90. The van der Waals surface area contributed by atoms with Gasteiger partial charge in [-0.1, -0.05) is 30.3 Å². The van der Waals surface area contributed by atoms with E-state index in [1.807, 2.05) is 26.1 Å². The number of aliphatic imine (C=N–C) groups is 1. The maximum atomic E-state index is 5.93. The lowest BCUT2D eigenvalue weighted by Crippen LogP contribution is -2.43. The summed E-state index contributed by atoms with van der Waals surface area (Å²) in [5, 5.41) is 6.97. The van der Waals surface area contributed by atoms with E-state index in [2.05, 4.69) is 57.8 Å². The number of benzene rings is 1. The number of nitrogens with one attached hydrogen (secondary N) is 2. The van der Waals surface area contributed by atoms with Gasteiger partial charge >= 0.3 is 0 Å². The quantitative estimate of drug-likeness (QED) is 0.614. The van der Waals surface area contributed by atoms with Crippen molar-refractivity contribution in [3.05, 3.63) is 59.5 Å². The molecule has 5 heteroatoms. The van der Waals surface area contributed by atoms with Crippen LogP contribution in [0.15, 0.2) is 51.9 Å². The lowest BCUT2D eigenvalue weighted by atomic mass is 10.1. The molecule has 5 nitrogen and oxygen atoms in total. The predicted molar refractivity (Wildman–Crippen MR) is 106 cm³/mol. The van der Waals surface area contributed by atoms with E-state index < -0.39 is 0 Å². The summed E-state index contributed by atoms with van der Waals surface area (Å²) in [6.45, 7) is 7.17. The molecular formula is C21H30N4O. The van der Waals surface area contributed by atoms with Crippen molar-refractivity contribution in [2.75, 3.05) is 26.7 Å². The zero-order chi connectivity index (χ0) is 18.4. The molecule has 0 amide bonds. The average Bonchev–Trinajstić information content (AvgIpc) is 3.34. The second-order valence-corrected chi connectivity index (χ2v) is 6.94. The Balaban J connectivity index is 1.63. The Bertz CT molecular complexity index is 704.